The number of esters is 5. The molecule has 0 aromatic heterocycles. The first-order chi connectivity index (χ1) is 28.6. The molecule has 3 aliphatic heterocycles. The standard InChI is InChI=1S/C45H62O16/c1-22(2)28-7-12-45(56)21-61-42(53)36(45)31(28)13-25(16-46)38(49)59-19-43(54)11-9-30(24(5)6)33-15-27(18-58-41(52)35(33)43)39(50)60-20-44(55)10-8-29(23(3)4)32-14-26(37(47)48)17-57-40(51)34(32)44/h13-15,22-24,28-36,46,54-56H,7-12,16-21H2,1-6H3,(H,47,48). The Labute approximate surface area is 355 Å². The summed E-state index contributed by atoms with van der Waals surface area (Å²) in [6, 6.07) is 0. The van der Waals surface area contributed by atoms with Crippen LogP contribution in [0.25, 0.3) is 0 Å². The van der Waals surface area contributed by atoms with Crippen LogP contribution in [-0.4, -0.2) is 118 Å². The molecule has 0 aromatic carbocycles. The Bertz CT molecular complexity index is 1850. The van der Waals surface area contributed by atoms with Crippen LogP contribution in [0.15, 0.2) is 34.9 Å². The van der Waals surface area contributed by atoms with Crippen molar-refractivity contribution in [2.45, 2.75) is 96.9 Å². The summed E-state index contributed by atoms with van der Waals surface area (Å²) in [5.41, 5.74) is -5.59. The van der Waals surface area contributed by atoms with Gasteiger partial charge in [0, 0.05) is 0 Å². The monoisotopic (exact) mass is 858 g/mol. The van der Waals surface area contributed by atoms with Crippen molar-refractivity contribution < 1.29 is 78.0 Å². The third-order valence-electron chi connectivity index (χ3n) is 14.7. The second kappa shape index (κ2) is 17.9. The van der Waals surface area contributed by atoms with Crippen LogP contribution in [0.5, 0.6) is 0 Å². The molecular weight excluding hydrogens is 796 g/mol. The van der Waals surface area contributed by atoms with Gasteiger partial charge in [0.05, 0.1) is 41.1 Å². The highest BCUT2D eigenvalue weighted by Crippen LogP contribution is 2.51. The van der Waals surface area contributed by atoms with E-state index in [1.165, 1.54) is 18.2 Å². The van der Waals surface area contributed by atoms with Crippen molar-refractivity contribution in [3.05, 3.63) is 34.9 Å². The summed E-state index contributed by atoms with van der Waals surface area (Å²) < 4.78 is 27.5. The van der Waals surface area contributed by atoms with E-state index < -0.39 is 121 Å². The molecule has 0 amide bonds. The molecule has 0 aromatic rings. The van der Waals surface area contributed by atoms with Crippen LogP contribution in [0.4, 0.5) is 0 Å². The van der Waals surface area contributed by atoms with E-state index in [-0.39, 0.29) is 71.7 Å². The number of allylic oxidation sites excluding steroid dienone is 3. The molecule has 3 heterocycles. The van der Waals surface area contributed by atoms with Gasteiger partial charge in [0.2, 0.25) is 0 Å². The number of aliphatic hydroxyl groups is 4. The second-order valence-electron chi connectivity index (χ2n) is 19.3. The van der Waals surface area contributed by atoms with Gasteiger partial charge in [0.15, 0.2) is 0 Å². The number of hydrogen-bond acceptors (Lipinski definition) is 15. The van der Waals surface area contributed by atoms with Gasteiger partial charge in [0.25, 0.3) is 0 Å². The lowest BCUT2D eigenvalue weighted by Crippen LogP contribution is -2.55. The van der Waals surface area contributed by atoms with Crippen molar-refractivity contribution in [2.75, 3.05) is 39.6 Å². The fourth-order valence-corrected chi connectivity index (χ4v) is 11.3. The van der Waals surface area contributed by atoms with Gasteiger partial charge in [-0.2, -0.15) is 0 Å². The molecule has 0 spiro atoms. The van der Waals surface area contributed by atoms with E-state index in [1.54, 1.807) is 0 Å². The number of cyclic esters (lactones) is 3. The quantitative estimate of drug-likeness (QED) is 0.108. The summed E-state index contributed by atoms with van der Waals surface area (Å²) in [7, 11) is 0. The molecule has 0 radical (unpaired) electrons. The molecule has 6 aliphatic rings. The summed E-state index contributed by atoms with van der Waals surface area (Å²) in [6.45, 7) is 8.54. The average molecular weight is 859 g/mol. The number of aliphatic hydroxyl groups excluding tert-OH is 1. The van der Waals surface area contributed by atoms with Crippen LogP contribution in [0.3, 0.4) is 0 Å². The van der Waals surface area contributed by atoms with Crippen LogP contribution >= 0.6 is 0 Å². The lowest BCUT2D eigenvalue weighted by Gasteiger charge is -2.46. The fourth-order valence-electron chi connectivity index (χ4n) is 11.3. The van der Waals surface area contributed by atoms with E-state index in [0.717, 1.165) is 0 Å². The van der Waals surface area contributed by atoms with Gasteiger partial charge in [-0.25, -0.2) is 14.4 Å². The molecule has 5 N–H and O–H groups in total. The van der Waals surface area contributed by atoms with Crippen molar-refractivity contribution in [3.8, 4) is 0 Å². The number of hydrogen-bond donors (Lipinski definition) is 5. The zero-order valence-corrected chi connectivity index (χ0v) is 35.9. The van der Waals surface area contributed by atoms with Crippen LogP contribution < -0.4 is 0 Å². The molecule has 1 saturated heterocycles. The van der Waals surface area contributed by atoms with Gasteiger partial charge in [-0.3, -0.25) is 14.4 Å². The maximum absolute atomic E-state index is 13.8. The Morgan fingerprint density at radius 1 is 0.705 bits per heavy atom. The minimum atomic E-state index is -1.96. The molecule has 3 aliphatic carbocycles. The third kappa shape index (κ3) is 9.05. The van der Waals surface area contributed by atoms with Crippen LogP contribution in [0.2, 0.25) is 0 Å². The first kappa shape index (κ1) is 46.4. The number of aliphatic carboxylic acids is 1. The lowest BCUT2D eigenvalue weighted by molar-refractivity contribution is -0.182. The molecule has 12 atom stereocenters. The minimum Gasteiger partial charge on any atom is -0.478 e. The van der Waals surface area contributed by atoms with Crippen LogP contribution in [0.1, 0.15) is 80.1 Å². The van der Waals surface area contributed by atoms with Gasteiger partial charge in [-0.1, -0.05) is 59.8 Å². The molecule has 16 nitrogen and oxygen atoms in total. The summed E-state index contributed by atoms with van der Waals surface area (Å²) >= 11 is 0. The number of rotatable bonds is 12. The summed E-state index contributed by atoms with van der Waals surface area (Å²) in [5, 5.41) is 55.5. The number of carbonyl (C=O) groups is 6. The number of carboxylic acids is 1. The minimum absolute atomic E-state index is 0.0330. The van der Waals surface area contributed by atoms with E-state index in [0.29, 0.717) is 25.7 Å². The maximum Gasteiger partial charge on any atom is 0.337 e. The van der Waals surface area contributed by atoms with Crippen LogP contribution in [0, 0.1) is 71.0 Å². The van der Waals surface area contributed by atoms with Gasteiger partial charge < -0.3 is 49.2 Å². The van der Waals surface area contributed by atoms with E-state index in [2.05, 4.69) is 0 Å². The van der Waals surface area contributed by atoms with Gasteiger partial charge in [-0.15, -0.1) is 0 Å². The van der Waals surface area contributed by atoms with E-state index in [4.69, 9.17) is 23.7 Å². The zero-order valence-electron chi connectivity index (χ0n) is 35.9. The molecule has 0 bridgehead atoms. The Morgan fingerprint density at radius 3 is 1.69 bits per heavy atom. The molecule has 3 saturated carbocycles. The largest absolute Gasteiger partial charge is 0.478 e. The predicted molar refractivity (Wildman–Crippen MR) is 212 cm³/mol. The van der Waals surface area contributed by atoms with Gasteiger partial charge >= 0.3 is 35.8 Å². The van der Waals surface area contributed by atoms with Crippen molar-refractivity contribution in [2.24, 2.45) is 71.0 Å². The van der Waals surface area contributed by atoms with Crippen molar-refractivity contribution in [1.82, 2.24) is 0 Å². The molecule has 4 fully saturated rings. The molecule has 16 heteroatoms. The summed E-state index contributed by atoms with van der Waals surface area (Å²) in [6.07, 6.45) is 6.27. The molecule has 61 heavy (non-hydrogen) atoms. The molecule has 12 unspecified atom stereocenters. The molecule has 6 rings (SSSR count). The highest BCUT2D eigenvalue weighted by molar-refractivity contribution is 5.91. The van der Waals surface area contributed by atoms with Crippen molar-refractivity contribution in [1.29, 1.82) is 0 Å². The van der Waals surface area contributed by atoms with Gasteiger partial charge in [-0.05, 0) is 91.8 Å². The maximum atomic E-state index is 13.8. The van der Waals surface area contributed by atoms with E-state index in [9.17, 15) is 54.3 Å². The number of ether oxygens (including phenoxy) is 5. The number of fused-ring (bicyclic) bond motifs is 3. The topological polar surface area (TPSA) is 250 Å². The Hall–Kier alpha value is -4.12. The van der Waals surface area contributed by atoms with Crippen LogP contribution in [-0.2, 0) is 52.5 Å². The highest BCUT2D eigenvalue weighted by Gasteiger charge is 2.59. The highest BCUT2D eigenvalue weighted by atomic mass is 16.6. The molecule has 338 valence electrons. The summed E-state index contributed by atoms with van der Waals surface area (Å²) in [5.74, 6) is -11.4. The van der Waals surface area contributed by atoms with Crippen molar-refractivity contribution in [3.63, 3.8) is 0 Å². The molecular formula is C45H62O16. The first-order valence-electron chi connectivity index (χ1n) is 21.6. The Balaban J connectivity index is 1.21. The SMILES string of the molecule is CC(C)C1CCC(O)(COC(=O)C2=CC3C(C(C)C)CCC(O)(COC(=O)C(=CC4C(C(C)C)CCC5(O)COC(=O)C45)CO)C3C(=O)OC2)C2C(=O)OCC(C(=O)O)=CC12. The predicted octanol–water partition coefficient (Wildman–Crippen LogP) is 2.69. The first-order valence-corrected chi connectivity index (χ1v) is 21.6. The van der Waals surface area contributed by atoms with Crippen molar-refractivity contribution >= 4 is 35.8 Å². The zero-order chi connectivity index (χ0) is 44.8. The Kier molecular flexibility index (Phi) is 13.6. The smallest absolute Gasteiger partial charge is 0.337 e. The van der Waals surface area contributed by atoms with E-state index in [1.807, 2.05) is 41.5 Å². The number of carbonyl (C=O) groups excluding carboxylic acids is 5. The summed E-state index contributed by atoms with van der Waals surface area (Å²) in [4.78, 5) is 79.4. The lowest BCUT2D eigenvalue weighted by atomic mass is 9.61. The van der Waals surface area contributed by atoms with E-state index >= 15 is 0 Å². The fraction of sp³-hybridized carbons (Fsp3) is 0.733. The average Bonchev–Trinajstić information content (AvgIpc) is 3.29. The van der Waals surface area contributed by atoms with Gasteiger partial charge in [0.1, 0.15) is 49.8 Å². The third-order valence-corrected chi connectivity index (χ3v) is 14.7. The normalized spacial score (nSPS) is 37.8. The number of carboxylic acid groups (broad SMARTS) is 1. The second-order valence-corrected chi connectivity index (χ2v) is 19.3. The Morgan fingerprint density at radius 2 is 1.18 bits per heavy atom.